The van der Waals surface area contributed by atoms with Crippen LogP contribution >= 0.6 is 0 Å². The molecule has 0 atom stereocenters. The zero-order valence-electron chi connectivity index (χ0n) is 24.8. The molecular weight excluding hydrogens is 524 g/mol. The van der Waals surface area contributed by atoms with E-state index in [0.29, 0.717) is 16.7 Å². The van der Waals surface area contributed by atoms with Crippen LogP contribution in [0, 0.1) is 0 Å². The second-order valence-electron chi connectivity index (χ2n) is 8.06. The van der Waals surface area contributed by atoms with E-state index in [1.54, 1.807) is 105 Å². The van der Waals surface area contributed by atoms with Gasteiger partial charge in [-0.3, -0.25) is 0 Å². The minimum absolute atomic E-state index is 0.250. The molecule has 0 heterocycles. The van der Waals surface area contributed by atoms with Crippen molar-refractivity contribution in [2.75, 3.05) is 13.2 Å². The fourth-order valence-electron chi connectivity index (χ4n) is 2.60. The summed E-state index contributed by atoms with van der Waals surface area (Å²) in [4.78, 5) is 30.6. The SMILES string of the molecule is CCCCCCCC.CCO.CCO.O=C(O)c1ccccc1.O=C(O)c1ccccc1.O=C(O)c1ccccc1. The van der Waals surface area contributed by atoms with E-state index in [1.807, 2.05) is 0 Å². The molecule has 0 amide bonds. The van der Waals surface area contributed by atoms with Crippen LogP contribution in [0.2, 0.25) is 0 Å². The van der Waals surface area contributed by atoms with Gasteiger partial charge in [-0.1, -0.05) is 107 Å². The molecule has 0 spiro atoms. The van der Waals surface area contributed by atoms with Crippen LogP contribution in [-0.2, 0) is 0 Å². The van der Waals surface area contributed by atoms with Crippen LogP contribution in [0.1, 0.15) is 97.3 Å². The van der Waals surface area contributed by atoms with Gasteiger partial charge in [0, 0.05) is 13.2 Å². The second kappa shape index (κ2) is 32.2. The molecule has 0 aromatic heterocycles. The number of hydrogen-bond acceptors (Lipinski definition) is 5. The standard InChI is InChI=1S/C8H18.3C7H6O2.2C2H6O/c1-3-5-7-8-6-4-2;3*8-7(9)6-4-2-1-3-5-6;2*1-2-3/h3-8H2,1-2H3;3*1-5H,(H,8,9);2*3H,2H2,1H3. The quantitative estimate of drug-likeness (QED) is 0.174. The van der Waals surface area contributed by atoms with Crippen molar-refractivity contribution in [2.45, 2.75) is 66.2 Å². The molecule has 0 aliphatic carbocycles. The van der Waals surface area contributed by atoms with Crippen molar-refractivity contribution in [1.82, 2.24) is 0 Å². The van der Waals surface area contributed by atoms with E-state index in [1.165, 1.54) is 38.5 Å². The van der Waals surface area contributed by atoms with Gasteiger partial charge in [-0.15, -0.1) is 0 Å². The van der Waals surface area contributed by atoms with Crippen molar-refractivity contribution >= 4 is 17.9 Å². The maximum absolute atomic E-state index is 10.2. The van der Waals surface area contributed by atoms with E-state index in [4.69, 9.17) is 25.5 Å². The topological polar surface area (TPSA) is 152 Å². The molecule has 0 aliphatic heterocycles. The fraction of sp³-hybridized carbons (Fsp3) is 0.364. The molecule has 0 saturated heterocycles. The highest BCUT2D eigenvalue weighted by molar-refractivity contribution is 5.88. The van der Waals surface area contributed by atoms with Gasteiger partial charge in [0.05, 0.1) is 16.7 Å². The lowest BCUT2D eigenvalue weighted by molar-refractivity contribution is 0.0686. The third-order valence-electron chi connectivity index (χ3n) is 4.52. The van der Waals surface area contributed by atoms with Gasteiger partial charge in [0.15, 0.2) is 0 Å². The normalized spacial score (nSPS) is 8.63. The number of unbranched alkanes of at least 4 members (excludes halogenated alkanes) is 5. The van der Waals surface area contributed by atoms with Crippen LogP contribution in [0.5, 0.6) is 0 Å². The van der Waals surface area contributed by atoms with Crippen molar-refractivity contribution in [3.05, 3.63) is 108 Å². The summed E-state index contributed by atoms with van der Waals surface area (Å²) in [6.07, 6.45) is 8.49. The molecule has 8 heteroatoms. The van der Waals surface area contributed by atoms with Crippen LogP contribution in [0.3, 0.4) is 0 Å². The predicted molar refractivity (Wildman–Crippen MR) is 165 cm³/mol. The maximum atomic E-state index is 10.2. The summed E-state index contributed by atoms with van der Waals surface area (Å²) in [5, 5.41) is 40.3. The minimum atomic E-state index is -0.879. The molecule has 0 saturated carbocycles. The van der Waals surface area contributed by atoms with Crippen LogP contribution in [0.15, 0.2) is 91.0 Å². The van der Waals surface area contributed by atoms with Crippen molar-refractivity contribution in [1.29, 1.82) is 0 Å². The second-order valence-corrected chi connectivity index (χ2v) is 8.06. The first kappa shape index (κ1) is 41.5. The molecule has 3 aromatic carbocycles. The van der Waals surface area contributed by atoms with Gasteiger partial charge in [-0.2, -0.15) is 0 Å². The molecular formula is C33H48O8. The van der Waals surface area contributed by atoms with Gasteiger partial charge >= 0.3 is 17.9 Å². The first-order valence-electron chi connectivity index (χ1n) is 13.7. The Labute approximate surface area is 245 Å². The molecule has 0 aliphatic rings. The van der Waals surface area contributed by atoms with Gasteiger partial charge < -0.3 is 25.5 Å². The molecule has 0 fully saturated rings. The Morgan fingerprint density at radius 3 is 0.756 bits per heavy atom. The van der Waals surface area contributed by atoms with E-state index in [-0.39, 0.29) is 13.2 Å². The van der Waals surface area contributed by atoms with Gasteiger partial charge in [0.2, 0.25) is 0 Å². The first-order chi connectivity index (χ1) is 19.7. The van der Waals surface area contributed by atoms with E-state index in [2.05, 4.69) is 13.8 Å². The molecule has 0 unspecified atom stereocenters. The molecule has 3 rings (SSSR count). The number of rotatable bonds is 8. The molecule has 5 N–H and O–H groups in total. The van der Waals surface area contributed by atoms with Gasteiger partial charge in [0.1, 0.15) is 0 Å². The minimum Gasteiger partial charge on any atom is -0.478 e. The van der Waals surface area contributed by atoms with Crippen molar-refractivity contribution < 1.29 is 39.9 Å². The molecule has 8 nitrogen and oxygen atoms in total. The van der Waals surface area contributed by atoms with Crippen LogP contribution in [-0.4, -0.2) is 56.7 Å². The zero-order chi connectivity index (χ0) is 31.7. The Bertz CT molecular complexity index is 852. The fourth-order valence-corrected chi connectivity index (χ4v) is 2.60. The Morgan fingerprint density at radius 2 is 0.634 bits per heavy atom. The van der Waals surface area contributed by atoms with E-state index in [0.717, 1.165) is 0 Å². The smallest absolute Gasteiger partial charge is 0.335 e. The predicted octanol–water partition coefficient (Wildman–Crippen LogP) is 7.52. The number of benzene rings is 3. The number of aliphatic hydroxyl groups is 2. The average Bonchev–Trinajstić information content (AvgIpc) is 2.98. The Morgan fingerprint density at radius 1 is 0.439 bits per heavy atom. The van der Waals surface area contributed by atoms with Crippen molar-refractivity contribution in [3.8, 4) is 0 Å². The number of aromatic carboxylic acids is 3. The summed E-state index contributed by atoms with van der Waals surface area (Å²) in [6, 6.07) is 24.9. The lowest BCUT2D eigenvalue weighted by Crippen LogP contribution is -1.93. The van der Waals surface area contributed by atoms with Crippen molar-refractivity contribution in [2.24, 2.45) is 0 Å². The van der Waals surface area contributed by atoms with E-state index in [9.17, 15) is 14.4 Å². The van der Waals surface area contributed by atoms with Crippen LogP contribution < -0.4 is 0 Å². The molecule has 0 radical (unpaired) electrons. The molecule has 41 heavy (non-hydrogen) atoms. The summed E-state index contributed by atoms with van der Waals surface area (Å²) in [6.45, 7) is 8.37. The highest BCUT2D eigenvalue weighted by Gasteiger charge is 1.98. The summed E-state index contributed by atoms with van der Waals surface area (Å²) >= 11 is 0. The Kier molecular flexibility index (Phi) is 32.6. The molecule has 0 bridgehead atoms. The third kappa shape index (κ3) is 30.4. The van der Waals surface area contributed by atoms with Gasteiger partial charge in [-0.25, -0.2) is 14.4 Å². The molecule has 228 valence electrons. The van der Waals surface area contributed by atoms with E-state index >= 15 is 0 Å². The summed E-state index contributed by atoms with van der Waals surface area (Å²) in [5.41, 5.74) is 0.993. The largest absolute Gasteiger partial charge is 0.478 e. The van der Waals surface area contributed by atoms with Crippen LogP contribution in [0.4, 0.5) is 0 Å². The zero-order valence-corrected chi connectivity index (χ0v) is 24.8. The van der Waals surface area contributed by atoms with Gasteiger partial charge in [0.25, 0.3) is 0 Å². The Balaban J connectivity index is -0.000000441. The number of aliphatic hydroxyl groups excluding tert-OH is 2. The highest BCUT2D eigenvalue weighted by Crippen LogP contribution is 2.03. The summed E-state index contributed by atoms with van der Waals surface area (Å²) in [7, 11) is 0. The van der Waals surface area contributed by atoms with E-state index < -0.39 is 17.9 Å². The average molecular weight is 573 g/mol. The molecule has 3 aromatic rings. The lowest BCUT2D eigenvalue weighted by atomic mass is 10.1. The van der Waals surface area contributed by atoms with Crippen LogP contribution in [0.25, 0.3) is 0 Å². The third-order valence-corrected chi connectivity index (χ3v) is 4.52. The number of carboxylic acids is 3. The summed E-state index contributed by atoms with van der Waals surface area (Å²) in [5.74, 6) is -2.64. The maximum Gasteiger partial charge on any atom is 0.335 e. The summed E-state index contributed by atoms with van der Waals surface area (Å²) < 4.78 is 0. The number of carboxylic acid groups (broad SMARTS) is 3. The Hall–Kier alpha value is -4.01. The number of carbonyl (C=O) groups is 3. The van der Waals surface area contributed by atoms with Crippen molar-refractivity contribution in [3.63, 3.8) is 0 Å². The lowest BCUT2D eigenvalue weighted by Gasteiger charge is -1.93. The number of hydrogen-bond donors (Lipinski definition) is 5. The highest BCUT2D eigenvalue weighted by atomic mass is 16.4. The van der Waals surface area contributed by atoms with Gasteiger partial charge in [-0.05, 0) is 50.2 Å². The monoisotopic (exact) mass is 572 g/mol. The first-order valence-corrected chi connectivity index (χ1v) is 13.7.